The minimum atomic E-state index is -0.867. The Morgan fingerprint density at radius 1 is 1.27 bits per heavy atom. The molecule has 172 valence electrons. The summed E-state index contributed by atoms with van der Waals surface area (Å²) in [5, 5.41) is 22.8. The van der Waals surface area contributed by atoms with E-state index in [9.17, 15) is 14.0 Å². The van der Waals surface area contributed by atoms with Crippen LogP contribution < -0.4 is 16.4 Å². The van der Waals surface area contributed by atoms with Crippen LogP contribution in [0.3, 0.4) is 0 Å². The third-order valence-corrected chi connectivity index (χ3v) is 5.08. The average molecular weight is 450 g/mol. The number of rotatable bonds is 11. The van der Waals surface area contributed by atoms with Crippen molar-refractivity contribution < 1.29 is 14.0 Å². The van der Waals surface area contributed by atoms with E-state index in [0.717, 1.165) is 18.3 Å². The van der Waals surface area contributed by atoms with Crippen molar-refractivity contribution in [2.75, 3.05) is 11.9 Å². The van der Waals surface area contributed by atoms with Crippen LogP contribution in [0.25, 0.3) is 0 Å². The lowest BCUT2D eigenvalue weighted by atomic mass is 9.84. The number of carbonyl (C=O) groups is 2. The first-order valence-corrected chi connectivity index (χ1v) is 10.5. The van der Waals surface area contributed by atoms with Gasteiger partial charge in [-0.3, -0.25) is 9.59 Å². The maximum atomic E-state index is 13.9. The number of nitrogens with two attached hydrogens (primary N) is 1. The summed E-state index contributed by atoms with van der Waals surface area (Å²) in [5.41, 5.74) is 7.21. The second kappa shape index (κ2) is 12.3. The minimum absolute atomic E-state index is 0.0711. The van der Waals surface area contributed by atoms with Gasteiger partial charge in [-0.05, 0) is 54.4 Å². The topological polar surface area (TPSA) is 132 Å². The smallest absolute Gasteiger partial charge is 0.233 e. The van der Waals surface area contributed by atoms with Crippen molar-refractivity contribution in [2.45, 2.75) is 32.2 Å². The Kier molecular flexibility index (Phi) is 9.45. The maximum Gasteiger partial charge on any atom is 0.233 e. The van der Waals surface area contributed by atoms with Crippen LogP contribution in [0.15, 0.2) is 54.2 Å². The Bertz CT molecular complexity index is 1070. The first-order valence-electron chi connectivity index (χ1n) is 10.5. The molecule has 2 rings (SSSR count). The van der Waals surface area contributed by atoms with Crippen LogP contribution in [0.4, 0.5) is 10.1 Å². The number of benzene rings is 2. The molecule has 1 unspecified atom stereocenters. The van der Waals surface area contributed by atoms with Gasteiger partial charge in [0.05, 0.1) is 17.6 Å². The molecule has 2 aromatic rings. The second-order valence-corrected chi connectivity index (χ2v) is 8.05. The largest absolute Gasteiger partial charge is 0.404 e. The fourth-order valence-corrected chi connectivity index (χ4v) is 3.51. The number of nitrogens with zero attached hydrogens (tertiary/aromatic N) is 1. The van der Waals surface area contributed by atoms with Gasteiger partial charge in [-0.1, -0.05) is 38.1 Å². The van der Waals surface area contributed by atoms with Crippen molar-refractivity contribution >= 4 is 24.1 Å². The quantitative estimate of drug-likeness (QED) is 0.307. The molecule has 0 aliphatic carbocycles. The molecule has 0 spiro atoms. The van der Waals surface area contributed by atoms with E-state index >= 15 is 0 Å². The third kappa shape index (κ3) is 7.09. The lowest BCUT2D eigenvalue weighted by Gasteiger charge is -2.29. The number of halogens is 1. The molecule has 0 radical (unpaired) electrons. The van der Waals surface area contributed by atoms with Gasteiger partial charge >= 0.3 is 0 Å². The molecule has 2 aromatic carbocycles. The van der Waals surface area contributed by atoms with E-state index in [4.69, 9.17) is 16.4 Å². The van der Waals surface area contributed by atoms with Crippen molar-refractivity contribution in [1.29, 1.82) is 10.7 Å². The van der Waals surface area contributed by atoms with Crippen molar-refractivity contribution in [2.24, 2.45) is 11.7 Å². The fourth-order valence-electron chi connectivity index (χ4n) is 3.51. The van der Waals surface area contributed by atoms with Crippen molar-refractivity contribution in [3.05, 3.63) is 76.7 Å². The average Bonchev–Trinajstić information content (AvgIpc) is 2.80. The van der Waals surface area contributed by atoms with Crippen LogP contribution in [0.2, 0.25) is 0 Å². The molecule has 0 bridgehead atoms. The van der Waals surface area contributed by atoms with Gasteiger partial charge in [0.1, 0.15) is 12.1 Å². The third-order valence-electron chi connectivity index (χ3n) is 5.08. The van der Waals surface area contributed by atoms with E-state index in [-0.39, 0.29) is 23.6 Å². The molecule has 7 nitrogen and oxygen atoms in total. The molecule has 0 aliphatic rings. The number of hydrogen-bond acceptors (Lipinski definition) is 6. The molecule has 8 heteroatoms. The molecule has 33 heavy (non-hydrogen) atoms. The summed E-state index contributed by atoms with van der Waals surface area (Å²) in [6.45, 7) is 4.61. The number of aldehydes is 1. The molecule has 5 N–H and O–H groups in total. The highest BCUT2D eigenvalue weighted by Crippen LogP contribution is 2.28. The van der Waals surface area contributed by atoms with Crippen LogP contribution in [0.1, 0.15) is 47.7 Å². The summed E-state index contributed by atoms with van der Waals surface area (Å²) in [5.74, 6) is -1.74. The Balaban J connectivity index is 2.56. The SMILES string of the molecule is CC(C)CNC(C/C(C=N)=C/N)[C@H](C(=O)Nc1cc(F)cc(C#N)c1)c1ccccc1C=O. The molecule has 0 aromatic heterocycles. The van der Waals surface area contributed by atoms with E-state index in [1.165, 1.54) is 12.3 Å². The van der Waals surface area contributed by atoms with Crippen LogP contribution >= 0.6 is 0 Å². The Labute approximate surface area is 193 Å². The molecule has 0 saturated carbocycles. The summed E-state index contributed by atoms with van der Waals surface area (Å²) in [6.07, 6.45) is 3.37. The molecule has 1 amide bonds. The van der Waals surface area contributed by atoms with Gasteiger partial charge in [0.2, 0.25) is 5.91 Å². The second-order valence-electron chi connectivity index (χ2n) is 8.05. The van der Waals surface area contributed by atoms with E-state index in [1.807, 2.05) is 19.9 Å². The lowest BCUT2D eigenvalue weighted by Crippen LogP contribution is -2.43. The zero-order valence-corrected chi connectivity index (χ0v) is 18.6. The molecular weight excluding hydrogens is 421 g/mol. The first-order chi connectivity index (χ1) is 15.8. The highest BCUT2D eigenvalue weighted by Gasteiger charge is 2.32. The van der Waals surface area contributed by atoms with Gasteiger partial charge in [-0.25, -0.2) is 4.39 Å². The van der Waals surface area contributed by atoms with Crippen LogP contribution in [0.5, 0.6) is 0 Å². The minimum Gasteiger partial charge on any atom is -0.404 e. The van der Waals surface area contributed by atoms with E-state index in [2.05, 4.69) is 10.6 Å². The Morgan fingerprint density at radius 2 is 2.00 bits per heavy atom. The summed E-state index contributed by atoms with van der Waals surface area (Å²) in [4.78, 5) is 25.3. The van der Waals surface area contributed by atoms with Gasteiger partial charge in [-0.2, -0.15) is 5.26 Å². The number of carbonyl (C=O) groups excluding carboxylic acids is 2. The molecule has 2 atom stereocenters. The van der Waals surface area contributed by atoms with Crippen LogP contribution in [-0.2, 0) is 4.79 Å². The number of nitrogens with one attached hydrogen (secondary N) is 3. The number of nitriles is 1. The zero-order valence-electron chi connectivity index (χ0n) is 18.6. The molecular formula is C25H28FN5O2. The standard InChI is InChI=1S/C25H28FN5O2/c1-16(2)14-30-23(9-18(12-28)13-29)24(22-6-4-3-5-19(22)15-32)25(33)31-21-8-17(11-27)7-20(26)10-21/h3-8,10,12-13,15-16,23-24,28,30H,9,14,29H2,1-2H3,(H,31,33)/b18-13-,28-12?/t23?,24-/m1/s1. The van der Waals surface area contributed by atoms with Crippen molar-refractivity contribution in [3.63, 3.8) is 0 Å². The maximum absolute atomic E-state index is 13.9. The Hall–Kier alpha value is -3.83. The molecule has 0 heterocycles. The number of amides is 1. The van der Waals surface area contributed by atoms with Crippen molar-refractivity contribution in [1.82, 2.24) is 5.32 Å². The summed E-state index contributed by atoms with van der Waals surface area (Å²) in [7, 11) is 0. The Morgan fingerprint density at radius 3 is 2.61 bits per heavy atom. The van der Waals surface area contributed by atoms with Crippen molar-refractivity contribution in [3.8, 4) is 6.07 Å². The predicted molar refractivity (Wildman–Crippen MR) is 127 cm³/mol. The first kappa shape index (κ1) is 25.4. The normalized spacial score (nSPS) is 13.1. The molecule has 0 fully saturated rings. The van der Waals surface area contributed by atoms with E-state index in [0.29, 0.717) is 29.5 Å². The van der Waals surface area contributed by atoms with Crippen LogP contribution in [0, 0.1) is 28.5 Å². The predicted octanol–water partition coefficient (Wildman–Crippen LogP) is 3.73. The van der Waals surface area contributed by atoms with Gasteiger partial charge in [-0.15, -0.1) is 0 Å². The van der Waals surface area contributed by atoms with Gasteiger partial charge in [0, 0.05) is 23.5 Å². The molecule has 0 aliphatic heterocycles. The number of hydrogen-bond donors (Lipinski definition) is 4. The summed E-state index contributed by atoms with van der Waals surface area (Å²) in [6, 6.07) is 11.7. The summed E-state index contributed by atoms with van der Waals surface area (Å²) < 4.78 is 13.9. The zero-order chi connectivity index (χ0) is 24.4. The van der Waals surface area contributed by atoms with Gasteiger partial charge in [0.15, 0.2) is 0 Å². The highest BCUT2D eigenvalue weighted by atomic mass is 19.1. The molecule has 0 saturated heterocycles. The summed E-state index contributed by atoms with van der Waals surface area (Å²) >= 11 is 0. The lowest BCUT2D eigenvalue weighted by molar-refractivity contribution is -0.118. The highest BCUT2D eigenvalue weighted by molar-refractivity contribution is 5.98. The fraction of sp³-hybridized carbons (Fsp3) is 0.280. The van der Waals surface area contributed by atoms with E-state index < -0.39 is 23.7 Å². The number of anilines is 1. The monoisotopic (exact) mass is 449 g/mol. The van der Waals surface area contributed by atoms with Gasteiger partial charge < -0.3 is 21.8 Å². The van der Waals surface area contributed by atoms with E-state index in [1.54, 1.807) is 24.3 Å². The van der Waals surface area contributed by atoms with Gasteiger partial charge in [0.25, 0.3) is 0 Å². The van der Waals surface area contributed by atoms with Crippen LogP contribution in [-0.4, -0.2) is 31.0 Å².